The van der Waals surface area contributed by atoms with E-state index in [0.717, 1.165) is 11.3 Å². The molecule has 31 heavy (non-hydrogen) atoms. The van der Waals surface area contributed by atoms with Gasteiger partial charge in [-0.1, -0.05) is 28.2 Å². The molecule has 0 fully saturated rings. The van der Waals surface area contributed by atoms with Crippen molar-refractivity contribution in [2.75, 3.05) is 5.32 Å². The number of nitro groups is 1. The first kappa shape index (κ1) is 20.5. The molecule has 1 amide bonds. The summed E-state index contributed by atoms with van der Waals surface area (Å²) >= 11 is 7.08. The molecule has 0 saturated carbocycles. The number of rotatable bonds is 6. The van der Waals surface area contributed by atoms with Crippen molar-refractivity contribution < 1.29 is 14.5 Å². The van der Waals surface area contributed by atoms with Gasteiger partial charge in [0.2, 0.25) is 5.75 Å². The topological polar surface area (TPSA) is 107 Å². The van der Waals surface area contributed by atoms with Gasteiger partial charge in [-0.25, -0.2) is 0 Å². The van der Waals surface area contributed by atoms with Crippen LogP contribution in [0, 0.1) is 10.1 Å². The van der Waals surface area contributed by atoms with Crippen LogP contribution >= 0.6 is 23.1 Å². The van der Waals surface area contributed by atoms with Crippen molar-refractivity contribution in [1.82, 2.24) is 9.59 Å². The Morgan fingerprint density at radius 2 is 1.81 bits per heavy atom. The molecule has 0 unspecified atom stereocenters. The van der Waals surface area contributed by atoms with Gasteiger partial charge in [-0.2, -0.15) is 0 Å². The molecule has 1 aromatic heterocycles. The highest BCUT2D eigenvalue weighted by atomic mass is 35.5. The normalized spacial score (nSPS) is 10.5. The van der Waals surface area contributed by atoms with Gasteiger partial charge in [0.05, 0.1) is 4.92 Å². The van der Waals surface area contributed by atoms with Gasteiger partial charge in [-0.15, -0.1) is 5.10 Å². The number of benzene rings is 3. The van der Waals surface area contributed by atoms with Gasteiger partial charge < -0.3 is 10.1 Å². The third-order valence-corrected chi connectivity index (χ3v) is 5.00. The van der Waals surface area contributed by atoms with Crippen molar-refractivity contribution in [2.45, 2.75) is 0 Å². The first-order valence-corrected chi connectivity index (χ1v) is 10.1. The molecule has 3 aromatic carbocycles. The molecule has 0 aliphatic rings. The summed E-state index contributed by atoms with van der Waals surface area (Å²) in [7, 11) is 0. The minimum atomic E-state index is -0.570. The Morgan fingerprint density at radius 1 is 1.06 bits per heavy atom. The number of amides is 1. The zero-order valence-corrected chi connectivity index (χ0v) is 17.3. The lowest BCUT2D eigenvalue weighted by atomic mass is 10.1. The lowest BCUT2D eigenvalue weighted by molar-refractivity contribution is -0.385. The molecular formula is C21H13ClN4O4S. The number of nitrogens with one attached hydrogen (secondary N) is 1. The van der Waals surface area contributed by atoms with Gasteiger partial charge in [0.1, 0.15) is 11.4 Å². The van der Waals surface area contributed by atoms with E-state index in [1.165, 1.54) is 29.7 Å². The molecule has 0 atom stereocenters. The molecule has 0 radical (unpaired) electrons. The molecule has 4 aromatic rings. The molecule has 0 spiro atoms. The minimum Gasteiger partial charge on any atom is -0.450 e. The van der Waals surface area contributed by atoms with Crippen LogP contribution in [0.15, 0.2) is 72.1 Å². The number of carbonyl (C=O) groups is 1. The zero-order valence-electron chi connectivity index (χ0n) is 15.7. The van der Waals surface area contributed by atoms with E-state index in [1.807, 2.05) is 17.5 Å². The highest BCUT2D eigenvalue weighted by molar-refractivity contribution is 7.03. The third kappa shape index (κ3) is 4.85. The average molecular weight is 453 g/mol. The zero-order chi connectivity index (χ0) is 21.8. The van der Waals surface area contributed by atoms with E-state index in [-0.39, 0.29) is 22.4 Å². The van der Waals surface area contributed by atoms with Crippen LogP contribution in [0.5, 0.6) is 11.5 Å². The van der Waals surface area contributed by atoms with Gasteiger partial charge >= 0.3 is 5.69 Å². The summed E-state index contributed by atoms with van der Waals surface area (Å²) in [6.45, 7) is 0. The van der Waals surface area contributed by atoms with Gasteiger partial charge in [-0.3, -0.25) is 14.9 Å². The molecule has 0 aliphatic heterocycles. The van der Waals surface area contributed by atoms with E-state index in [4.69, 9.17) is 16.3 Å². The van der Waals surface area contributed by atoms with E-state index < -0.39 is 4.92 Å². The van der Waals surface area contributed by atoms with Crippen LogP contribution in [-0.2, 0) is 0 Å². The molecular weight excluding hydrogens is 440 g/mol. The second-order valence-electron chi connectivity index (χ2n) is 6.32. The van der Waals surface area contributed by atoms with Crippen molar-refractivity contribution in [3.8, 4) is 22.8 Å². The second-order valence-corrected chi connectivity index (χ2v) is 7.36. The van der Waals surface area contributed by atoms with E-state index in [2.05, 4.69) is 14.9 Å². The smallest absolute Gasteiger partial charge is 0.313 e. The van der Waals surface area contributed by atoms with Crippen molar-refractivity contribution in [2.24, 2.45) is 0 Å². The first-order chi connectivity index (χ1) is 15.0. The summed E-state index contributed by atoms with van der Waals surface area (Å²) in [5, 5.41) is 20.1. The van der Waals surface area contributed by atoms with Crippen LogP contribution in [0.25, 0.3) is 11.3 Å². The number of halogens is 1. The van der Waals surface area contributed by atoms with Crippen LogP contribution in [0.3, 0.4) is 0 Å². The van der Waals surface area contributed by atoms with Crippen LogP contribution in [0.4, 0.5) is 11.4 Å². The number of nitrogens with zero attached hydrogens (tertiary/aromatic N) is 3. The van der Waals surface area contributed by atoms with E-state index in [0.29, 0.717) is 17.0 Å². The Hall–Kier alpha value is -3.82. The number of nitro benzene ring substituents is 1. The van der Waals surface area contributed by atoms with Gasteiger partial charge in [0.15, 0.2) is 0 Å². The Balaban J connectivity index is 1.43. The summed E-state index contributed by atoms with van der Waals surface area (Å²) in [5.74, 6) is 0.109. The summed E-state index contributed by atoms with van der Waals surface area (Å²) in [6, 6.07) is 17.7. The third-order valence-electron chi connectivity index (χ3n) is 4.26. The van der Waals surface area contributed by atoms with Crippen molar-refractivity contribution in [3.63, 3.8) is 0 Å². The Labute approximate surface area is 185 Å². The number of carbonyl (C=O) groups excluding carboxylic acids is 1. The minimum absolute atomic E-state index is 0.0574. The molecule has 0 bridgehead atoms. The molecule has 154 valence electrons. The Kier molecular flexibility index (Phi) is 5.87. The van der Waals surface area contributed by atoms with Gasteiger partial charge in [0, 0.05) is 33.3 Å². The molecule has 1 N–H and O–H groups in total. The SMILES string of the molecule is O=C(Nc1ccc(-c2csnn2)cc1)c1ccc(Oc2ccc(Cl)cc2[N+](=O)[O-])cc1. The number of hydrogen-bond acceptors (Lipinski definition) is 7. The maximum Gasteiger partial charge on any atom is 0.313 e. The number of ether oxygens (including phenoxy) is 1. The number of hydrogen-bond donors (Lipinski definition) is 1. The van der Waals surface area contributed by atoms with Crippen LogP contribution < -0.4 is 10.1 Å². The summed E-state index contributed by atoms with van der Waals surface area (Å²) in [4.78, 5) is 23.1. The fourth-order valence-corrected chi connectivity index (χ4v) is 3.37. The average Bonchev–Trinajstić information content (AvgIpc) is 3.31. The van der Waals surface area contributed by atoms with Gasteiger partial charge in [-0.05, 0) is 60.1 Å². The summed E-state index contributed by atoms with van der Waals surface area (Å²) in [5.41, 5.74) is 2.48. The number of anilines is 1. The predicted octanol–water partition coefficient (Wildman–Crippen LogP) is 5.81. The quantitative estimate of drug-likeness (QED) is 0.292. The molecule has 4 rings (SSSR count). The largest absolute Gasteiger partial charge is 0.450 e. The Morgan fingerprint density at radius 3 is 2.45 bits per heavy atom. The maximum absolute atomic E-state index is 12.5. The summed E-state index contributed by atoms with van der Waals surface area (Å²) in [6.07, 6.45) is 0. The van der Waals surface area contributed by atoms with E-state index in [1.54, 1.807) is 36.4 Å². The Bertz CT molecular complexity index is 1230. The lowest BCUT2D eigenvalue weighted by Crippen LogP contribution is -2.11. The van der Waals surface area contributed by atoms with E-state index >= 15 is 0 Å². The number of aromatic nitrogens is 2. The fraction of sp³-hybridized carbons (Fsp3) is 0. The highest BCUT2D eigenvalue weighted by Crippen LogP contribution is 2.33. The van der Waals surface area contributed by atoms with Gasteiger partial charge in [0.25, 0.3) is 5.91 Å². The second kappa shape index (κ2) is 8.90. The standard InChI is InChI=1S/C21H13ClN4O4S/c22-15-5-10-20(19(11-15)26(28)29)30-17-8-3-14(4-9-17)21(27)23-16-6-1-13(2-7-16)18-12-31-25-24-18/h1-12H,(H,23,27). The van der Waals surface area contributed by atoms with Crippen molar-refractivity contribution in [1.29, 1.82) is 0 Å². The molecule has 10 heteroatoms. The predicted molar refractivity (Wildman–Crippen MR) is 118 cm³/mol. The molecule has 0 aliphatic carbocycles. The summed E-state index contributed by atoms with van der Waals surface area (Å²) < 4.78 is 9.42. The van der Waals surface area contributed by atoms with Crippen LogP contribution in [-0.4, -0.2) is 20.4 Å². The molecule has 8 nitrogen and oxygen atoms in total. The first-order valence-electron chi connectivity index (χ1n) is 8.90. The van der Waals surface area contributed by atoms with Crippen LogP contribution in [0.2, 0.25) is 5.02 Å². The van der Waals surface area contributed by atoms with Crippen LogP contribution in [0.1, 0.15) is 10.4 Å². The molecule has 1 heterocycles. The molecule has 0 saturated heterocycles. The lowest BCUT2D eigenvalue weighted by Gasteiger charge is -2.09. The van der Waals surface area contributed by atoms with Crippen molar-refractivity contribution >= 4 is 40.4 Å². The monoisotopic (exact) mass is 452 g/mol. The van der Waals surface area contributed by atoms with E-state index in [9.17, 15) is 14.9 Å². The van der Waals surface area contributed by atoms with Crippen molar-refractivity contribution in [3.05, 3.63) is 92.8 Å². The fourth-order valence-electron chi connectivity index (χ4n) is 2.74. The highest BCUT2D eigenvalue weighted by Gasteiger charge is 2.17. The maximum atomic E-state index is 12.5.